The summed E-state index contributed by atoms with van der Waals surface area (Å²) in [5, 5.41) is 9.22. The van der Waals surface area contributed by atoms with Crippen LogP contribution in [0.1, 0.15) is 30.0 Å². The van der Waals surface area contributed by atoms with Crippen molar-refractivity contribution in [1.82, 2.24) is 0 Å². The smallest absolute Gasteiger partial charge is 0.430 e. The minimum Gasteiger partial charge on any atom is -0.457 e. The van der Waals surface area contributed by atoms with Crippen molar-refractivity contribution in [2.24, 2.45) is 0 Å². The van der Waals surface area contributed by atoms with E-state index in [9.17, 15) is 31.4 Å². The van der Waals surface area contributed by atoms with Crippen molar-refractivity contribution >= 4 is 0 Å². The van der Waals surface area contributed by atoms with E-state index in [0.29, 0.717) is 18.1 Å². The number of ether oxygens (including phenoxy) is 3. The van der Waals surface area contributed by atoms with E-state index in [4.69, 9.17) is 4.74 Å². The third kappa shape index (κ3) is 5.31. The highest BCUT2D eigenvalue weighted by Crippen LogP contribution is 2.53. The molecular formula is C21H22F6O4. The number of aryl methyl sites for hydroxylation is 1. The third-order valence-electron chi connectivity index (χ3n) is 4.49. The molecule has 0 aliphatic rings. The highest BCUT2D eigenvalue weighted by Gasteiger charge is 2.73. The predicted octanol–water partition coefficient (Wildman–Crippen LogP) is 5.86. The Balaban J connectivity index is 2.60. The fourth-order valence-electron chi connectivity index (χ4n) is 3.08. The lowest BCUT2D eigenvalue weighted by Crippen LogP contribution is -2.56. The van der Waals surface area contributed by atoms with E-state index in [1.807, 2.05) is 0 Å². The molecule has 0 saturated heterocycles. The van der Waals surface area contributed by atoms with Crippen LogP contribution >= 0.6 is 0 Å². The van der Waals surface area contributed by atoms with Crippen molar-refractivity contribution in [3.63, 3.8) is 0 Å². The van der Waals surface area contributed by atoms with Crippen LogP contribution in [-0.2, 0) is 28.1 Å². The molecule has 10 heteroatoms. The second kappa shape index (κ2) is 9.88. The van der Waals surface area contributed by atoms with Crippen LogP contribution in [0.2, 0.25) is 0 Å². The monoisotopic (exact) mass is 452 g/mol. The summed E-state index contributed by atoms with van der Waals surface area (Å²) in [5.74, 6) is 0.385. The fourth-order valence-corrected chi connectivity index (χ4v) is 3.08. The van der Waals surface area contributed by atoms with Crippen LogP contribution in [0.5, 0.6) is 11.5 Å². The molecular weight excluding hydrogens is 430 g/mol. The average Bonchev–Trinajstić information content (AvgIpc) is 2.68. The van der Waals surface area contributed by atoms with Gasteiger partial charge in [-0.15, -0.1) is 0 Å². The first-order valence-electron chi connectivity index (χ1n) is 9.27. The number of aliphatic hydroxyl groups excluding tert-OH is 1. The Morgan fingerprint density at radius 3 is 2.16 bits per heavy atom. The summed E-state index contributed by atoms with van der Waals surface area (Å²) in [5.41, 5.74) is -5.00. The van der Waals surface area contributed by atoms with Gasteiger partial charge in [0.05, 0.1) is 6.61 Å². The van der Waals surface area contributed by atoms with E-state index in [1.165, 1.54) is 6.07 Å². The lowest BCUT2D eigenvalue weighted by Gasteiger charge is -2.37. The first-order valence-corrected chi connectivity index (χ1v) is 9.27. The lowest BCUT2D eigenvalue weighted by atomic mass is 9.89. The van der Waals surface area contributed by atoms with Gasteiger partial charge in [0.15, 0.2) is 0 Å². The Labute approximate surface area is 175 Å². The van der Waals surface area contributed by atoms with Crippen LogP contribution in [0.15, 0.2) is 42.5 Å². The zero-order chi connectivity index (χ0) is 23.3. The molecule has 1 N–H and O–H groups in total. The maximum Gasteiger partial charge on any atom is 0.430 e. The minimum absolute atomic E-state index is 0.102. The molecule has 0 aliphatic heterocycles. The van der Waals surface area contributed by atoms with Gasteiger partial charge in [0, 0.05) is 12.7 Å². The summed E-state index contributed by atoms with van der Waals surface area (Å²) in [7, 11) is 0.928. The van der Waals surface area contributed by atoms with E-state index in [0.717, 1.165) is 19.2 Å². The molecule has 0 saturated carbocycles. The maximum atomic E-state index is 13.8. The van der Waals surface area contributed by atoms with Crippen molar-refractivity contribution in [2.75, 3.05) is 13.9 Å². The van der Waals surface area contributed by atoms with Crippen molar-refractivity contribution in [3.8, 4) is 11.5 Å². The van der Waals surface area contributed by atoms with Crippen LogP contribution in [0.25, 0.3) is 0 Å². The molecule has 0 radical (unpaired) electrons. The lowest BCUT2D eigenvalue weighted by molar-refractivity contribution is -0.400. The quantitative estimate of drug-likeness (QED) is 0.382. The molecule has 0 amide bonds. The van der Waals surface area contributed by atoms with Gasteiger partial charge < -0.3 is 19.3 Å². The number of alkyl halides is 6. The largest absolute Gasteiger partial charge is 0.457 e. The summed E-state index contributed by atoms with van der Waals surface area (Å²) in [6.07, 6.45) is -11.0. The van der Waals surface area contributed by atoms with Gasteiger partial charge in [-0.25, -0.2) is 0 Å². The number of aliphatic hydroxyl groups is 1. The fraction of sp³-hybridized carbons (Fsp3) is 0.429. The Kier molecular flexibility index (Phi) is 7.96. The molecule has 0 aromatic heterocycles. The van der Waals surface area contributed by atoms with Crippen LogP contribution in [-0.4, -0.2) is 31.4 Å². The number of hydrogen-bond acceptors (Lipinski definition) is 4. The van der Waals surface area contributed by atoms with E-state index in [-0.39, 0.29) is 30.1 Å². The second-order valence-electron chi connectivity index (χ2n) is 6.71. The number of halogens is 6. The summed E-state index contributed by atoms with van der Waals surface area (Å²) >= 11 is 0. The Morgan fingerprint density at radius 2 is 1.61 bits per heavy atom. The molecule has 2 aromatic rings. The van der Waals surface area contributed by atoms with Crippen molar-refractivity contribution in [1.29, 1.82) is 0 Å². The number of benzene rings is 2. The van der Waals surface area contributed by atoms with Gasteiger partial charge in [0.2, 0.25) is 0 Å². The predicted molar refractivity (Wildman–Crippen MR) is 99.6 cm³/mol. The molecule has 0 bridgehead atoms. The van der Waals surface area contributed by atoms with Gasteiger partial charge in [-0.3, -0.25) is 0 Å². The van der Waals surface area contributed by atoms with Crippen LogP contribution < -0.4 is 4.74 Å². The molecule has 0 unspecified atom stereocenters. The van der Waals surface area contributed by atoms with E-state index in [2.05, 4.69) is 9.47 Å². The highest BCUT2D eigenvalue weighted by molar-refractivity contribution is 5.44. The summed E-state index contributed by atoms with van der Waals surface area (Å²) in [6, 6.07) is 8.84. The number of rotatable bonds is 9. The van der Waals surface area contributed by atoms with Crippen LogP contribution in [0.3, 0.4) is 0 Å². The summed E-state index contributed by atoms with van der Waals surface area (Å²) in [6.45, 7) is 0.258. The third-order valence-corrected chi connectivity index (χ3v) is 4.49. The van der Waals surface area contributed by atoms with E-state index < -0.39 is 30.3 Å². The van der Waals surface area contributed by atoms with Crippen molar-refractivity contribution < 1.29 is 45.7 Å². The molecule has 0 fully saturated rings. The first-order chi connectivity index (χ1) is 14.5. The molecule has 0 spiro atoms. The van der Waals surface area contributed by atoms with Crippen molar-refractivity contribution in [2.45, 2.75) is 44.3 Å². The van der Waals surface area contributed by atoms with Crippen molar-refractivity contribution in [3.05, 3.63) is 59.2 Å². The van der Waals surface area contributed by atoms with E-state index in [1.54, 1.807) is 25.1 Å². The van der Waals surface area contributed by atoms with Gasteiger partial charge in [0.25, 0.3) is 5.60 Å². The Morgan fingerprint density at radius 1 is 0.935 bits per heavy atom. The van der Waals surface area contributed by atoms with Gasteiger partial charge in [-0.2, -0.15) is 26.3 Å². The maximum absolute atomic E-state index is 13.8. The number of hydrogen-bond donors (Lipinski definition) is 1. The average molecular weight is 452 g/mol. The highest BCUT2D eigenvalue weighted by atomic mass is 19.4. The normalized spacial score (nSPS) is 12.8. The second-order valence-corrected chi connectivity index (χ2v) is 6.71. The number of methoxy groups -OCH3 is 1. The SMILES string of the molecule is CCCc1cc(C(OCOC)(C(F)(F)F)C(F)(F)F)ccc1Oc1cccc(CO)c1. The minimum atomic E-state index is -5.80. The molecule has 0 heterocycles. The Hall–Kier alpha value is -2.30. The zero-order valence-electron chi connectivity index (χ0n) is 16.8. The summed E-state index contributed by atoms with van der Waals surface area (Å²) in [4.78, 5) is 0. The van der Waals surface area contributed by atoms with Crippen LogP contribution in [0.4, 0.5) is 26.3 Å². The van der Waals surface area contributed by atoms with Gasteiger partial charge in [0.1, 0.15) is 18.3 Å². The standard InChI is InChI=1S/C21H22F6O4/c1-3-5-15-11-16(19(20(22,23)24,21(25,26)27)30-13-29-2)8-9-18(15)31-17-7-4-6-14(10-17)12-28/h4,6-11,28H,3,5,12-13H2,1-2H3. The molecule has 2 rings (SSSR count). The van der Waals surface area contributed by atoms with Gasteiger partial charge in [-0.05, 0) is 41.8 Å². The van der Waals surface area contributed by atoms with Crippen LogP contribution in [0, 0.1) is 0 Å². The molecule has 31 heavy (non-hydrogen) atoms. The molecule has 0 aliphatic carbocycles. The molecule has 2 aromatic carbocycles. The summed E-state index contributed by atoms with van der Waals surface area (Å²) < 4.78 is 96.9. The molecule has 0 atom stereocenters. The Bertz CT molecular complexity index is 850. The van der Waals surface area contributed by atoms with E-state index >= 15 is 0 Å². The molecule has 4 nitrogen and oxygen atoms in total. The zero-order valence-corrected chi connectivity index (χ0v) is 16.8. The van der Waals surface area contributed by atoms with Gasteiger partial charge in [-0.1, -0.05) is 31.5 Å². The molecule has 172 valence electrons. The first kappa shape index (κ1) is 25.0. The van der Waals surface area contributed by atoms with Gasteiger partial charge >= 0.3 is 12.4 Å². The topological polar surface area (TPSA) is 47.9 Å².